The molecule has 2 atom stereocenters. The third kappa shape index (κ3) is 5.15. The lowest BCUT2D eigenvalue weighted by Gasteiger charge is -2.29. The fourth-order valence-electron chi connectivity index (χ4n) is 3.02. The highest BCUT2D eigenvalue weighted by molar-refractivity contribution is 5.33. The Labute approximate surface area is 129 Å². The number of hydrogen-bond acceptors (Lipinski definition) is 3. The highest BCUT2D eigenvalue weighted by Crippen LogP contribution is 2.15. The maximum atomic E-state index is 8.97. The van der Waals surface area contributed by atoms with Crippen molar-refractivity contribution in [1.29, 1.82) is 5.26 Å². The highest BCUT2D eigenvalue weighted by Gasteiger charge is 2.14. The molecule has 1 fully saturated rings. The van der Waals surface area contributed by atoms with Crippen molar-refractivity contribution in [1.82, 2.24) is 10.2 Å². The van der Waals surface area contributed by atoms with Crippen LogP contribution < -0.4 is 5.32 Å². The number of hydrogen-bond donors (Lipinski definition) is 1. The van der Waals surface area contributed by atoms with Crippen LogP contribution in [0.4, 0.5) is 0 Å². The third-order valence-corrected chi connectivity index (χ3v) is 4.31. The Kier molecular flexibility index (Phi) is 6.22. The topological polar surface area (TPSA) is 39.1 Å². The number of likely N-dealkylation sites (tertiary alicyclic amines) is 1. The van der Waals surface area contributed by atoms with Crippen LogP contribution in [0.3, 0.4) is 0 Å². The molecule has 0 amide bonds. The molecule has 1 aromatic rings. The fraction of sp³-hybridized carbons (Fsp3) is 0.611. The van der Waals surface area contributed by atoms with E-state index in [1.54, 1.807) is 0 Å². The molecule has 3 nitrogen and oxygen atoms in total. The van der Waals surface area contributed by atoms with E-state index in [-0.39, 0.29) is 0 Å². The minimum absolute atomic E-state index is 0.294. The zero-order chi connectivity index (χ0) is 15.1. The lowest BCUT2D eigenvalue weighted by atomic mass is 10.0. The van der Waals surface area contributed by atoms with Crippen LogP contribution >= 0.6 is 0 Å². The van der Waals surface area contributed by atoms with E-state index >= 15 is 0 Å². The normalized spacial score (nSPS) is 18.9. The van der Waals surface area contributed by atoms with E-state index < -0.39 is 0 Å². The van der Waals surface area contributed by atoms with Gasteiger partial charge in [-0.2, -0.15) is 5.26 Å². The molecule has 0 bridgehead atoms. The number of nitrogens with zero attached hydrogens (tertiary/aromatic N) is 2. The van der Waals surface area contributed by atoms with Crippen molar-refractivity contribution in [3.05, 3.63) is 35.4 Å². The molecule has 21 heavy (non-hydrogen) atoms. The molecule has 114 valence electrons. The molecule has 0 spiro atoms. The Morgan fingerprint density at radius 2 is 2.00 bits per heavy atom. The molecule has 1 aliphatic heterocycles. The standard InChI is InChI=1S/C18H27N3/c1-15(14-21-9-4-3-5-10-21)13-20-16(2)18-8-6-7-17(11-18)12-19/h6-8,11,15-16,20H,3-5,9-10,13-14H2,1-2H3. The van der Waals surface area contributed by atoms with Crippen molar-refractivity contribution in [2.45, 2.75) is 39.2 Å². The summed E-state index contributed by atoms with van der Waals surface area (Å²) in [5.41, 5.74) is 1.93. The van der Waals surface area contributed by atoms with Crippen molar-refractivity contribution in [2.75, 3.05) is 26.2 Å². The Balaban J connectivity index is 1.77. The van der Waals surface area contributed by atoms with Crippen molar-refractivity contribution in [3.8, 4) is 6.07 Å². The van der Waals surface area contributed by atoms with Gasteiger partial charge in [-0.3, -0.25) is 0 Å². The quantitative estimate of drug-likeness (QED) is 0.871. The molecule has 1 N–H and O–H groups in total. The van der Waals surface area contributed by atoms with Crippen molar-refractivity contribution < 1.29 is 0 Å². The second-order valence-corrected chi connectivity index (χ2v) is 6.33. The van der Waals surface area contributed by atoms with Crippen LogP contribution in [-0.2, 0) is 0 Å². The summed E-state index contributed by atoms with van der Waals surface area (Å²) in [5, 5.41) is 12.6. The van der Waals surface area contributed by atoms with Crippen LogP contribution in [0.15, 0.2) is 24.3 Å². The van der Waals surface area contributed by atoms with E-state index in [1.165, 1.54) is 44.5 Å². The fourth-order valence-corrected chi connectivity index (χ4v) is 3.02. The minimum atomic E-state index is 0.294. The molecule has 1 aromatic carbocycles. The molecule has 0 saturated carbocycles. The summed E-state index contributed by atoms with van der Waals surface area (Å²) in [5.74, 6) is 0.657. The number of nitrogens with one attached hydrogen (secondary N) is 1. The largest absolute Gasteiger partial charge is 0.310 e. The van der Waals surface area contributed by atoms with E-state index in [1.807, 2.05) is 18.2 Å². The molecular weight excluding hydrogens is 258 g/mol. The first-order valence-electron chi connectivity index (χ1n) is 8.15. The van der Waals surface area contributed by atoms with E-state index in [4.69, 9.17) is 5.26 Å². The SMILES string of the molecule is CC(CNC(C)c1cccc(C#N)c1)CN1CCCCC1. The summed E-state index contributed by atoms with van der Waals surface area (Å²) >= 11 is 0. The molecule has 1 aliphatic rings. The van der Waals surface area contributed by atoms with Crippen LogP contribution in [0.1, 0.15) is 50.3 Å². The van der Waals surface area contributed by atoms with Gasteiger partial charge in [0.1, 0.15) is 0 Å². The predicted molar refractivity (Wildman–Crippen MR) is 87.0 cm³/mol. The van der Waals surface area contributed by atoms with Gasteiger partial charge < -0.3 is 10.2 Å². The van der Waals surface area contributed by atoms with Gasteiger partial charge in [0.2, 0.25) is 0 Å². The van der Waals surface area contributed by atoms with Crippen LogP contribution in [0.5, 0.6) is 0 Å². The summed E-state index contributed by atoms with van der Waals surface area (Å²) in [4.78, 5) is 2.59. The number of benzene rings is 1. The van der Waals surface area contributed by atoms with Crippen LogP contribution in [0.25, 0.3) is 0 Å². The summed E-state index contributed by atoms with van der Waals surface area (Å²) < 4.78 is 0. The van der Waals surface area contributed by atoms with Gasteiger partial charge in [0.25, 0.3) is 0 Å². The zero-order valence-corrected chi connectivity index (χ0v) is 13.3. The van der Waals surface area contributed by atoms with Gasteiger partial charge in [-0.25, -0.2) is 0 Å². The summed E-state index contributed by atoms with van der Waals surface area (Å²) in [7, 11) is 0. The van der Waals surface area contributed by atoms with Crippen LogP contribution in [0.2, 0.25) is 0 Å². The minimum Gasteiger partial charge on any atom is -0.310 e. The lowest BCUT2D eigenvalue weighted by Crippen LogP contribution is -2.37. The molecule has 0 aromatic heterocycles. The van der Waals surface area contributed by atoms with E-state index in [2.05, 4.69) is 36.2 Å². The van der Waals surface area contributed by atoms with Gasteiger partial charge >= 0.3 is 0 Å². The maximum absolute atomic E-state index is 8.97. The van der Waals surface area contributed by atoms with E-state index in [9.17, 15) is 0 Å². The van der Waals surface area contributed by atoms with Gasteiger partial charge in [0.05, 0.1) is 11.6 Å². The molecule has 1 saturated heterocycles. The molecule has 2 unspecified atom stereocenters. The number of rotatable bonds is 6. The van der Waals surface area contributed by atoms with Gasteiger partial charge in [0.15, 0.2) is 0 Å². The Hall–Kier alpha value is -1.37. The Bertz CT molecular complexity index is 472. The Morgan fingerprint density at radius 1 is 1.24 bits per heavy atom. The molecule has 0 radical (unpaired) electrons. The monoisotopic (exact) mass is 285 g/mol. The number of nitriles is 1. The number of piperidine rings is 1. The Morgan fingerprint density at radius 3 is 2.71 bits per heavy atom. The van der Waals surface area contributed by atoms with Gasteiger partial charge in [-0.1, -0.05) is 25.5 Å². The third-order valence-electron chi connectivity index (χ3n) is 4.31. The van der Waals surface area contributed by atoms with Crippen molar-refractivity contribution in [2.24, 2.45) is 5.92 Å². The van der Waals surface area contributed by atoms with Gasteiger partial charge in [-0.05, 0) is 63.0 Å². The summed E-state index contributed by atoms with van der Waals surface area (Å²) in [6.07, 6.45) is 4.12. The summed E-state index contributed by atoms with van der Waals surface area (Å²) in [6.45, 7) is 9.24. The second kappa shape index (κ2) is 8.17. The lowest BCUT2D eigenvalue weighted by molar-refractivity contribution is 0.197. The highest BCUT2D eigenvalue weighted by atomic mass is 15.1. The molecule has 0 aliphatic carbocycles. The molecular formula is C18H27N3. The van der Waals surface area contributed by atoms with E-state index in [0.29, 0.717) is 12.0 Å². The maximum Gasteiger partial charge on any atom is 0.0991 e. The molecule has 1 heterocycles. The zero-order valence-electron chi connectivity index (χ0n) is 13.3. The van der Waals surface area contributed by atoms with Crippen molar-refractivity contribution >= 4 is 0 Å². The van der Waals surface area contributed by atoms with Gasteiger partial charge in [0, 0.05) is 12.6 Å². The molecule has 2 rings (SSSR count). The first kappa shape index (κ1) is 16.0. The average molecular weight is 285 g/mol. The molecule has 3 heteroatoms. The first-order chi connectivity index (χ1) is 10.2. The average Bonchev–Trinajstić information content (AvgIpc) is 2.53. The second-order valence-electron chi connectivity index (χ2n) is 6.33. The smallest absolute Gasteiger partial charge is 0.0991 e. The van der Waals surface area contributed by atoms with Crippen LogP contribution in [0, 0.1) is 17.2 Å². The van der Waals surface area contributed by atoms with Gasteiger partial charge in [-0.15, -0.1) is 0 Å². The summed E-state index contributed by atoms with van der Waals surface area (Å²) in [6, 6.07) is 10.4. The van der Waals surface area contributed by atoms with Crippen LogP contribution in [-0.4, -0.2) is 31.1 Å². The van der Waals surface area contributed by atoms with E-state index in [0.717, 1.165) is 12.1 Å². The first-order valence-corrected chi connectivity index (χ1v) is 8.15. The van der Waals surface area contributed by atoms with Crippen molar-refractivity contribution in [3.63, 3.8) is 0 Å². The predicted octanol–water partition coefficient (Wildman–Crippen LogP) is 3.33.